The van der Waals surface area contributed by atoms with Crippen LogP contribution < -0.4 is 9.64 Å². The first-order valence-electron chi connectivity index (χ1n) is 11.4. The Balaban J connectivity index is 1.42. The van der Waals surface area contributed by atoms with Crippen LogP contribution in [-0.2, 0) is 9.53 Å². The lowest BCUT2D eigenvalue weighted by Gasteiger charge is -2.27. The Morgan fingerprint density at radius 2 is 2.00 bits per heavy atom. The normalized spacial score (nSPS) is 14.5. The van der Waals surface area contributed by atoms with E-state index in [4.69, 9.17) is 14.5 Å². The van der Waals surface area contributed by atoms with Gasteiger partial charge in [-0.05, 0) is 43.7 Å². The molecule has 1 amide bonds. The highest BCUT2D eigenvalue weighted by molar-refractivity contribution is 7.99. The number of carbonyl (C=O) groups excluding carboxylic acids is 1. The molecule has 0 bridgehead atoms. The van der Waals surface area contributed by atoms with Gasteiger partial charge in [-0.1, -0.05) is 29.0 Å². The lowest BCUT2D eigenvalue weighted by molar-refractivity contribution is -0.118. The van der Waals surface area contributed by atoms with Gasteiger partial charge < -0.3 is 9.47 Å². The molecule has 1 aliphatic rings. The van der Waals surface area contributed by atoms with E-state index < -0.39 is 0 Å². The summed E-state index contributed by atoms with van der Waals surface area (Å²) < 4.78 is 11.8. The fourth-order valence-electron chi connectivity index (χ4n) is 3.77. The minimum absolute atomic E-state index is 0.127. The molecule has 0 radical (unpaired) electrons. The van der Waals surface area contributed by atoms with Crippen LogP contribution in [0.4, 0.5) is 5.13 Å². The van der Waals surface area contributed by atoms with E-state index >= 15 is 0 Å². The third-order valence-electron chi connectivity index (χ3n) is 5.68. The van der Waals surface area contributed by atoms with Crippen LogP contribution >= 0.6 is 23.1 Å². The molecule has 6 nitrogen and oxygen atoms in total. The van der Waals surface area contributed by atoms with E-state index in [9.17, 15) is 4.79 Å². The van der Waals surface area contributed by atoms with Crippen LogP contribution in [0.2, 0.25) is 0 Å². The molecule has 1 fully saturated rings. The van der Waals surface area contributed by atoms with Gasteiger partial charge in [-0.2, -0.15) is 0 Å². The molecule has 1 aromatic heterocycles. The fraction of sp³-hybridized carbons (Fsp3) is 0.440. The molecule has 1 aliphatic heterocycles. The maximum atomic E-state index is 13.3. The highest BCUT2D eigenvalue weighted by Gasteiger charge is 2.20. The molecule has 4 rings (SSSR count). The first-order chi connectivity index (χ1) is 16.1. The van der Waals surface area contributed by atoms with Gasteiger partial charge in [-0.15, -0.1) is 11.8 Å². The van der Waals surface area contributed by atoms with E-state index in [0.717, 1.165) is 66.1 Å². The Bertz CT molecular complexity index is 1050. The summed E-state index contributed by atoms with van der Waals surface area (Å²) in [6.45, 7) is 7.22. The molecule has 8 heteroatoms. The van der Waals surface area contributed by atoms with Gasteiger partial charge in [0.1, 0.15) is 5.75 Å². The summed E-state index contributed by atoms with van der Waals surface area (Å²) in [6.07, 6.45) is 1.39. The SMILES string of the molecule is COc1ccc2nc(N(CCCN3CCOCC3)C(=O)CCSc3ccc(C)cc3)sc2c1. The summed E-state index contributed by atoms with van der Waals surface area (Å²) >= 11 is 3.28. The molecule has 0 spiro atoms. The number of morpholine rings is 1. The minimum atomic E-state index is 0.127. The van der Waals surface area contributed by atoms with Gasteiger partial charge in [0.15, 0.2) is 5.13 Å². The van der Waals surface area contributed by atoms with Crippen molar-refractivity contribution in [2.45, 2.75) is 24.7 Å². The third-order valence-corrected chi connectivity index (χ3v) is 7.74. The first-order valence-corrected chi connectivity index (χ1v) is 13.2. The molecule has 0 aliphatic carbocycles. The largest absolute Gasteiger partial charge is 0.497 e. The number of aryl methyl sites for hydroxylation is 1. The number of anilines is 1. The van der Waals surface area contributed by atoms with Crippen LogP contribution in [0, 0.1) is 6.92 Å². The molecule has 3 aromatic rings. The van der Waals surface area contributed by atoms with Crippen molar-refractivity contribution in [1.29, 1.82) is 0 Å². The number of thiazole rings is 1. The number of carbonyl (C=O) groups is 1. The van der Waals surface area contributed by atoms with Gasteiger partial charge in [0.05, 0.1) is 30.5 Å². The summed E-state index contributed by atoms with van der Waals surface area (Å²) in [5.74, 6) is 1.68. The van der Waals surface area contributed by atoms with Crippen molar-refractivity contribution in [2.24, 2.45) is 0 Å². The standard InChI is InChI=1S/C25H31N3O3S2/c1-19-4-7-21(8-5-19)32-17-10-24(29)28(12-3-11-27-13-15-31-16-14-27)25-26-22-9-6-20(30-2)18-23(22)33-25/h4-9,18H,3,10-17H2,1-2H3. The Morgan fingerprint density at radius 3 is 2.76 bits per heavy atom. The Kier molecular flexibility index (Phi) is 8.61. The lowest BCUT2D eigenvalue weighted by atomic mass is 10.2. The van der Waals surface area contributed by atoms with Crippen molar-refractivity contribution < 1.29 is 14.3 Å². The highest BCUT2D eigenvalue weighted by atomic mass is 32.2. The number of methoxy groups -OCH3 is 1. The maximum absolute atomic E-state index is 13.3. The number of hydrogen-bond acceptors (Lipinski definition) is 7. The Morgan fingerprint density at radius 1 is 1.21 bits per heavy atom. The second-order valence-corrected chi connectivity index (χ2v) is 10.3. The quantitative estimate of drug-likeness (QED) is 0.383. The summed E-state index contributed by atoms with van der Waals surface area (Å²) in [4.78, 5) is 23.6. The average Bonchev–Trinajstić information content (AvgIpc) is 3.26. The molecule has 2 aromatic carbocycles. The molecular formula is C25H31N3O3S2. The molecule has 0 saturated carbocycles. The van der Waals surface area contributed by atoms with Crippen LogP contribution in [0.3, 0.4) is 0 Å². The number of aromatic nitrogens is 1. The zero-order chi connectivity index (χ0) is 23.0. The van der Waals surface area contributed by atoms with E-state index in [1.807, 2.05) is 23.1 Å². The van der Waals surface area contributed by atoms with E-state index in [-0.39, 0.29) is 5.91 Å². The molecule has 2 heterocycles. The molecule has 176 valence electrons. The number of rotatable bonds is 10. The predicted molar refractivity (Wildman–Crippen MR) is 137 cm³/mol. The highest BCUT2D eigenvalue weighted by Crippen LogP contribution is 2.32. The first kappa shape index (κ1) is 24.0. The van der Waals surface area contributed by atoms with Crippen LogP contribution in [0.1, 0.15) is 18.4 Å². The number of ether oxygens (including phenoxy) is 2. The molecule has 1 saturated heterocycles. The Hall–Kier alpha value is -2.13. The smallest absolute Gasteiger partial charge is 0.229 e. The van der Waals surface area contributed by atoms with E-state index in [0.29, 0.717) is 13.0 Å². The van der Waals surface area contributed by atoms with Crippen LogP contribution in [0.5, 0.6) is 5.75 Å². The summed E-state index contributed by atoms with van der Waals surface area (Å²) in [5.41, 5.74) is 2.14. The number of hydrogen-bond donors (Lipinski definition) is 0. The zero-order valence-electron chi connectivity index (χ0n) is 19.3. The minimum Gasteiger partial charge on any atom is -0.497 e. The number of amides is 1. The lowest BCUT2D eigenvalue weighted by Crippen LogP contribution is -2.39. The van der Waals surface area contributed by atoms with Crippen molar-refractivity contribution in [3.63, 3.8) is 0 Å². The number of nitrogens with zero attached hydrogens (tertiary/aromatic N) is 3. The maximum Gasteiger partial charge on any atom is 0.229 e. The monoisotopic (exact) mass is 485 g/mol. The van der Waals surface area contributed by atoms with Gasteiger partial charge in [0.25, 0.3) is 0 Å². The van der Waals surface area contributed by atoms with Crippen molar-refractivity contribution in [3.8, 4) is 5.75 Å². The summed E-state index contributed by atoms with van der Waals surface area (Å²) in [7, 11) is 1.66. The van der Waals surface area contributed by atoms with Crippen LogP contribution in [0.15, 0.2) is 47.4 Å². The number of thioether (sulfide) groups is 1. The van der Waals surface area contributed by atoms with Crippen molar-refractivity contribution in [2.75, 3.05) is 57.2 Å². The topological polar surface area (TPSA) is 54.9 Å². The predicted octanol–water partition coefficient (Wildman–Crippen LogP) is 4.85. The molecule has 0 unspecified atom stereocenters. The number of benzene rings is 2. The molecule has 33 heavy (non-hydrogen) atoms. The second kappa shape index (κ2) is 11.8. The second-order valence-electron chi connectivity index (χ2n) is 8.09. The van der Waals surface area contributed by atoms with Crippen LogP contribution in [0.25, 0.3) is 10.2 Å². The average molecular weight is 486 g/mol. The summed E-state index contributed by atoms with van der Waals surface area (Å²) in [5, 5.41) is 0.769. The van der Waals surface area contributed by atoms with Gasteiger partial charge in [-0.25, -0.2) is 4.98 Å². The molecule has 0 N–H and O–H groups in total. The summed E-state index contributed by atoms with van der Waals surface area (Å²) in [6, 6.07) is 14.3. The third kappa shape index (κ3) is 6.69. The van der Waals surface area contributed by atoms with E-state index in [2.05, 4.69) is 36.1 Å². The Labute approximate surface area is 203 Å². The zero-order valence-corrected chi connectivity index (χ0v) is 20.9. The van der Waals surface area contributed by atoms with Crippen molar-refractivity contribution >= 4 is 44.4 Å². The fourth-order valence-corrected chi connectivity index (χ4v) is 5.64. The molecule has 0 atom stereocenters. The van der Waals surface area contributed by atoms with Gasteiger partial charge in [-0.3, -0.25) is 14.6 Å². The van der Waals surface area contributed by atoms with Crippen molar-refractivity contribution in [3.05, 3.63) is 48.0 Å². The van der Waals surface area contributed by atoms with Gasteiger partial charge in [0.2, 0.25) is 5.91 Å². The van der Waals surface area contributed by atoms with E-state index in [1.165, 1.54) is 10.5 Å². The van der Waals surface area contributed by atoms with Crippen molar-refractivity contribution in [1.82, 2.24) is 9.88 Å². The number of fused-ring (bicyclic) bond motifs is 1. The van der Waals surface area contributed by atoms with E-state index in [1.54, 1.807) is 30.2 Å². The van der Waals surface area contributed by atoms with Gasteiger partial charge >= 0.3 is 0 Å². The van der Waals surface area contributed by atoms with Crippen LogP contribution in [-0.4, -0.2) is 68.0 Å². The molecular weight excluding hydrogens is 454 g/mol. The van der Waals surface area contributed by atoms with Gasteiger partial charge in [0, 0.05) is 43.2 Å².